The lowest BCUT2D eigenvalue weighted by atomic mass is 10.1. The van der Waals surface area contributed by atoms with Crippen LogP contribution in [0.5, 0.6) is 0 Å². The summed E-state index contributed by atoms with van der Waals surface area (Å²) >= 11 is 5.57. The van der Waals surface area contributed by atoms with Crippen molar-refractivity contribution in [1.82, 2.24) is 10.2 Å². The van der Waals surface area contributed by atoms with Crippen LogP contribution >= 0.6 is 11.6 Å². The number of alkyl halides is 3. The molecule has 0 spiro atoms. The molecule has 0 saturated carbocycles. The van der Waals surface area contributed by atoms with Gasteiger partial charge >= 0.3 is 6.18 Å². The van der Waals surface area contributed by atoms with Crippen molar-refractivity contribution in [2.75, 3.05) is 5.32 Å². The molecule has 3 rings (SSSR count). The molecule has 0 bridgehead atoms. The summed E-state index contributed by atoms with van der Waals surface area (Å²) < 4.78 is 38.9. The molecule has 0 fully saturated rings. The molecule has 0 atom stereocenters. The van der Waals surface area contributed by atoms with Gasteiger partial charge in [-0.1, -0.05) is 41.9 Å². The monoisotopic (exact) mass is 416 g/mol. The Balaban J connectivity index is 1.88. The maximum atomic E-state index is 13.0. The van der Waals surface area contributed by atoms with Gasteiger partial charge in [-0.15, -0.1) is 0 Å². The number of halogens is 4. The number of benzene rings is 2. The number of aromatic nitrogens is 2. The number of anilines is 1. The van der Waals surface area contributed by atoms with E-state index >= 15 is 0 Å². The van der Waals surface area contributed by atoms with Crippen molar-refractivity contribution >= 4 is 29.3 Å². The largest absolute Gasteiger partial charge is 0.417 e. The van der Waals surface area contributed by atoms with Gasteiger partial charge in [-0.05, 0) is 24.3 Å². The fraction of sp³-hybridized carbons (Fsp3) is 0.0500. The summed E-state index contributed by atoms with van der Waals surface area (Å²) in [4.78, 5) is 12.4. The Bertz CT molecular complexity index is 1110. The van der Waals surface area contributed by atoms with E-state index in [1.165, 1.54) is 18.3 Å². The number of hydrogen-bond donors (Lipinski definition) is 2. The number of carbonyl (C=O) groups is 1. The summed E-state index contributed by atoms with van der Waals surface area (Å²) in [6.07, 6.45) is -1.92. The van der Waals surface area contributed by atoms with Crippen LogP contribution in [0.3, 0.4) is 0 Å². The molecule has 2 aromatic carbocycles. The zero-order valence-electron chi connectivity index (χ0n) is 14.6. The predicted octanol–water partition coefficient (Wildman–Crippen LogP) is 5.29. The summed E-state index contributed by atoms with van der Waals surface area (Å²) in [5.74, 6) is -0.858. The minimum absolute atomic E-state index is 0.136. The SMILES string of the molecule is N#C/C(=C/c1cn[nH]c1-c1ccccc1)C(=O)Nc1ccc(Cl)c(C(F)(F)F)c1. The second-order valence-electron chi connectivity index (χ2n) is 5.88. The number of amides is 1. The van der Waals surface area contributed by atoms with Crippen molar-refractivity contribution < 1.29 is 18.0 Å². The third kappa shape index (κ3) is 4.65. The van der Waals surface area contributed by atoms with Gasteiger partial charge in [-0.3, -0.25) is 9.89 Å². The number of H-pyrrole nitrogens is 1. The number of hydrogen-bond acceptors (Lipinski definition) is 3. The number of nitriles is 1. The molecular weight excluding hydrogens is 405 g/mol. The van der Waals surface area contributed by atoms with E-state index in [1.54, 1.807) is 6.07 Å². The fourth-order valence-electron chi connectivity index (χ4n) is 2.56. The lowest BCUT2D eigenvalue weighted by Crippen LogP contribution is -2.14. The van der Waals surface area contributed by atoms with E-state index < -0.39 is 22.7 Å². The van der Waals surface area contributed by atoms with Crippen LogP contribution in [0.15, 0.2) is 60.3 Å². The Morgan fingerprint density at radius 3 is 2.59 bits per heavy atom. The van der Waals surface area contributed by atoms with E-state index in [2.05, 4.69) is 15.5 Å². The maximum Gasteiger partial charge on any atom is 0.417 e. The van der Waals surface area contributed by atoms with Crippen LogP contribution in [0.1, 0.15) is 11.1 Å². The molecule has 3 aromatic rings. The first-order valence-corrected chi connectivity index (χ1v) is 8.56. The van der Waals surface area contributed by atoms with Crippen molar-refractivity contribution in [3.8, 4) is 17.3 Å². The Morgan fingerprint density at radius 2 is 1.93 bits per heavy atom. The number of rotatable bonds is 4. The fourth-order valence-corrected chi connectivity index (χ4v) is 2.79. The minimum atomic E-state index is -4.67. The molecule has 0 radical (unpaired) electrons. The van der Waals surface area contributed by atoms with Gasteiger partial charge in [-0.25, -0.2) is 0 Å². The van der Waals surface area contributed by atoms with E-state index in [9.17, 15) is 23.2 Å². The molecule has 0 unspecified atom stereocenters. The Kier molecular flexibility index (Phi) is 5.71. The van der Waals surface area contributed by atoms with Gasteiger partial charge in [0.1, 0.15) is 11.6 Å². The van der Waals surface area contributed by atoms with E-state index in [0.717, 1.165) is 11.6 Å². The molecule has 0 saturated heterocycles. The molecule has 1 amide bonds. The topological polar surface area (TPSA) is 81.6 Å². The zero-order valence-corrected chi connectivity index (χ0v) is 15.3. The molecule has 1 aromatic heterocycles. The molecule has 5 nitrogen and oxygen atoms in total. The molecule has 146 valence electrons. The van der Waals surface area contributed by atoms with Crippen LogP contribution in [-0.2, 0) is 11.0 Å². The number of nitrogens with zero attached hydrogens (tertiary/aromatic N) is 2. The quantitative estimate of drug-likeness (QED) is 0.447. The highest BCUT2D eigenvalue weighted by Crippen LogP contribution is 2.36. The highest BCUT2D eigenvalue weighted by molar-refractivity contribution is 6.31. The molecule has 29 heavy (non-hydrogen) atoms. The predicted molar refractivity (Wildman–Crippen MR) is 103 cm³/mol. The molecule has 0 aliphatic rings. The molecule has 2 N–H and O–H groups in total. The third-order valence-corrected chi connectivity index (χ3v) is 4.26. The lowest BCUT2D eigenvalue weighted by Gasteiger charge is -2.11. The number of aromatic amines is 1. The number of nitrogens with one attached hydrogen (secondary N) is 2. The van der Waals surface area contributed by atoms with Crippen LogP contribution in [0.25, 0.3) is 17.3 Å². The summed E-state index contributed by atoms with van der Waals surface area (Å²) in [6.45, 7) is 0. The van der Waals surface area contributed by atoms with Crippen molar-refractivity contribution in [3.05, 3.63) is 76.5 Å². The van der Waals surface area contributed by atoms with Crippen LogP contribution in [0.4, 0.5) is 18.9 Å². The van der Waals surface area contributed by atoms with E-state index in [0.29, 0.717) is 17.3 Å². The van der Waals surface area contributed by atoms with Gasteiger partial charge in [0.05, 0.1) is 22.5 Å². The molecule has 9 heteroatoms. The van der Waals surface area contributed by atoms with Crippen LogP contribution < -0.4 is 5.32 Å². The zero-order chi connectivity index (χ0) is 21.0. The first kappa shape index (κ1) is 20.2. The van der Waals surface area contributed by atoms with E-state index in [4.69, 9.17) is 11.6 Å². The van der Waals surface area contributed by atoms with Crippen LogP contribution in [-0.4, -0.2) is 16.1 Å². The van der Waals surface area contributed by atoms with Crippen LogP contribution in [0.2, 0.25) is 5.02 Å². The summed E-state index contributed by atoms with van der Waals surface area (Å²) in [5.41, 5.74) is 0.351. The van der Waals surface area contributed by atoms with E-state index in [1.807, 2.05) is 30.3 Å². The minimum Gasteiger partial charge on any atom is -0.321 e. The molecular formula is C20H12ClF3N4O. The van der Waals surface area contributed by atoms with Gasteiger partial charge in [0, 0.05) is 16.8 Å². The molecule has 0 aliphatic carbocycles. The second kappa shape index (κ2) is 8.20. The normalized spacial score (nSPS) is 11.8. The van der Waals surface area contributed by atoms with E-state index in [-0.39, 0.29) is 11.3 Å². The number of carbonyl (C=O) groups excluding carboxylic acids is 1. The van der Waals surface area contributed by atoms with Crippen LogP contribution in [0, 0.1) is 11.3 Å². The first-order chi connectivity index (χ1) is 13.8. The third-order valence-electron chi connectivity index (χ3n) is 3.93. The van der Waals surface area contributed by atoms with Gasteiger partial charge in [0.15, 0.2) is 0 Å². The maximum absolute atomic E-state index is 13.0. The van der Waals surface area contributed by atoms with Crippen molar-refractivity contribution in [2.45, 2.75) is 6.18 Å². The van der Waals surface area contributed by atoms with Gasteiger partial charge in [0.2, 0.25) is 0 Å². The highest BCUT2D eigenvalue weighted by atomic mass is 35.5. The van der Waals surface area contributed by atoms with Gasteiger partial charge < -0.3 is 5.32 Å². The lowest BCUT2D eigenvalue weighted by molar-refractivity contribution is -0.137. The van der Waals surface area contributed by atoms with Gasteiger partial charge in [-0.2, -0.15) is 23.5 Å². The first-order valence-electron chi connectivity index (χ1n) is 8.18. The smallest absolute Gasteiger partial charge is 0.321 e. The Labute approximate surface area is 168 Å². The average Bonchev–Trinajstić information content (AvgIpc) is 3.15. The summed E-state index contributed by atoms with van der Waals surface area (Å²) in [7, 11) is 0. The van der Waals surface area contributed by atoms with Gasteiger partial charge in [0.25, 0.3) is 5.91 Å². The Morgan fingerprint density at radius 1 is 1.21 bits per heavy atom. The average molecular weight is 417 g/mol. The van der Waals surface area contributed by atoms with Crippen molar-refractivity contribution in [3.63, 3.8) is 0 Å². The molecule has 1 heterocycles. The standard InChI is InChI=1S/C20H12ClF3N4O/c21-17-7-6-15(9-16(17)20(22,23)24)27-19(29)13(10-25)8-14-11-26-28-18(14)12-4-2-1-3-5-12/h1-9,11H,(H,26,28)(H,27,29)/b13-8-. The van der Waals surface area contributed by atoms with Crippen molar-refractivity contribution in [1.29, 1.82) is 5.26 Å². The highest BCUT2D eigenvalue weighted by Gasteiger charge is 2.33. The molecule has 0 aliphatic heterocycles. The summed E-state index contributed by atoms with van der Waals surface area (Å²) in [5, 5.41) is 17.9. The Hall–Kier alpha value is -3.57. The summed E-state index contributed by atoms with van der Waals surface area (Å²) in [6, 6.07) is 13.8. The second-order valence-corrected chi connectivity index (χ2v) is 6.29. The van der Waals surface area contributed by atoms with Crippen molar-refractivity contribution in [2.24, 2.45) is 0 Å².